The molecule has 0 aliphatic rings. The number of aromatic nitrogens is 3. The van der Waals surface area contributed by atoms with E-state index >= 15 is 0 Å². The molecule has 0 amide bonds. The number of nitrogens with zero attached hydrogens (tertiary/aromatic N) is 4. The van der Waals surface area contributed by atoms with E-state index in [0.29, 0.717) is 0 Å². The van der Waals surface area contributed by atoms with E-state index < -0.39 is 0 Å². The zero-order chi connectivity index (χ0) is 32.1. The molecular weight excluding hydrogens is 560 g/mol. The number of hydrogen-bond donors (Lipinski definition) is 0. The molecule has 3 heterocycles. The molecule has 0 bridgehead atoms. The molecule has 46 heavy (non-hydrogen) atoms. The molecular formula is C42H58N4. The molecule has 0 unspecified atom stereocenters. The van der Waals surface area contributed by atoms with Crippen LogP contribution in [0.25, 0.3) is 33.9 Å². The van der Waals surface area contributed by atoms with E-state index in [1.807, 2.05) is 48.8 Å². The van der Waals surface area contributed by atoms with Crippen molar-refractivity contribution in [3.05, 3.63) is 90.8 Å². The normalized spacial score (nSPS) is 11.4. The van der Waals surface area contributed by atoms with Crippen molar-refractivity contribution in [3.63, 3.8) is 0 Å². The van der Waals surface area contributed by atoms with Crippen molar-refractivity contribution in [3.8, 4) is 33.9 Å². The van der Waals surface area contributed by atoms with Gasteiger partial charge in [0, 0.05) is 18.9 Å². The highest BCUT2D eigenvalue weighted by Gasteiger charge is 2.11. The van der Waals surface area contributed by atoms with Crippen molar-refractivity contribution in [1.29, 1.82) is 0 Å². The maximum Gasteiger partial charge on any atom is 0.0900 e. The Hall–Kier alpha value is -3.37. The summed E-state index contributed by atoms with van der Waals surface area (Å²) >= 11 is 0. The summed E-state index contributed by atoms with van der Waals surface area (Å²) in [4.78, 5) is 16.6. The quantitative estimate of drug-likeness (QED) is 0.0776. The van der Waals surface area contributed by atoms with E-state index in [1.165, 1.54) is 120 Å². The Balaban J connectivity index is 1.17. The highest BCUT2D eigenvalue weighted by molar-refractivity contribution is 5.74. The van der Waals surface area contributed by atoms with E-state index in [2.05, 4.69) is 65.1 Å². The highest BCUT2D eigenvalue weighted by atomic mass is 15.1. The zero-order valence-corrected chi connectivity index (χ0v) is 28.8. The van der Waals surface area contributed by atoms with Crippen molar-refractivity contribution in [1.82, 2.24) is 19.9 Å². The van der Waals surface area contributed by atoms with Crippen molar-refractivity contribution < 1.29 is 0 Å². The summed E-state index contributed by atoms with van der Waals surface area (Å²) in [6.45, 7) is 7.86. The van der Waals surface area contributed by atoms with Crippen LogP contribution in [0, 0.1) is 0 Å². The van der Waals surface area contributed by atoms with Gasteiger partial charge < -0.3 is 0 Å². The summed E-state index contributed by atoms with van der Waals surface area (Å²) in [7, 11) is 0. The maximum absolute atomic E-state index is 4.92. The van der Waals surface area contributed by atoms with Gasteiger partial charge in [-0.15, -0.1) is 0 Å². The van der Waals surface area contributed by atoms with Gasteiger partial charge in [-0.1, -0.05) is 147 Å². The fourth-order valence-electron chi connectivity index (χ4n) is 6.28. The van der Waals surface area contributed by atoms with Crippen LogP contribution >= 0.6 is 0 Å². The molecule has 4 aromatic rings. The van der Waals surface area contributed by atoms with Gasteiger partial charge in [0.25, 0.3) is 0 Å². The van der Waals surface area contributed by atoms with Crippen molar-refractivity contribution >= 4 is 0 Å². The summed E-state index contributed by atoms with van der Waals surface area (Å²) in [5, 5.41) is 0. The van der Waals surface area contributed by atoms with Crippen LogP contribution in [0.2, 0.25) is 0 Å². The molecule has 1 aromatic carbocycles. The van der Waals surface area contributed by atoms with Gasteiger partial charge in [-0.05, 0) is 72.6 Å². The molecule has 4 nitrogen and oxygen atoms in total. The molecule has 0 N–H and O–H groups in total. The smallest absolute Gasteiger partial charge is 0.0900 e. The Morgan fingerprint density at radius 3 is 1.39 bits per heavy atom. The van der Waals surface area contributed by atoms with Crippen LogP contribution in [0.5, 0.6) is 0 Å². The van der Waals surface area contributed by atoms with Crippen LogP contribution in [0.1, 0.15) is 122 Å². The number of unbranched alkanes of at least 4 members (excludes halogenated alkanes) is 15. The molecule has 0 saturated carbocycles. The van der Waals surface area contributed by atoms with Crippen molar-refractivity contribution in [2.45, 2.75) is 123 Å². The average molecular weight is 619 g/mol. The Bertz CT molecular complexity index is 1280. The Labute approximate surface area is 280 Å². The lowest BCUT2D eigenvalue weighted by Crippen LogP contribution is -2.24. The molecule has 0 atom stereocenters. The number of hydrogen-bond acceptors (Lipinski definition) is 4. The van der Waals surface area contributed by atoms with E-state index in [4.69, 9.17) is 4.98 Å². The van der Waals surface area contributed by atoms with Gasteiger partial charge in [-0.25, -0.2) is 4.98 Å². The second-order valence-electron chi connectivity index (χ2n) is 12.9. The molecule has 0 fully saturated rings. The van der Waals surface area contributed by atoms with Crippen LogP contribution in [-0.4, -0.2) is 32.9 Å². The van der Waals surface area contributed by atoms with Gasteiger partial charge in [0.15, 0.2) is 0 Å². The first-order chi connectivity index (χ1) is 22.8. The fraction of sp³-hybridized carbons (Fsp3) is 0.500. The van der Waals surface area contributed by atoms with Crippen LogP contribution in [-0.2, 0) is 6.54 Å². The molecule has 0 aliphatic carbocycles. The highest BCUT2D eigenvalue weighted by Crippen LogP contribution is 2.29. The fourth-order valence-corrected chi connectivity index (χ4v) is 6.28. The van der Waals surface area contributed by atoms with Gasteiger partial charge in [-0.2, -0.15) is 0 Å². The van der Waals surface area contributed by atoms with Crippen LogP contribution in [0.4, 0.5) is 0 Å². The first-order valence-corrected chi connectivity index (χ1v) is 18.4. The van der Waals surface area contributed by atoms with Gasteiger partial charge in [0.2, 0.25) is 0 Å². The standard InChI is InChI=1S/C42H58N4/c1-3-5-6-7-8-9-10-11-12-13-14-15-16-17-18-23-32-46(4-2)35-36-26-28-37(29-27-36)38-33-41(39-24-19-21-30-43-39)45-42(34-38)40-25-20-22-31-44-40/h19-22,24-31,33-34H,3-18,23,32,35H2,1-2H3. The van der Waals surface area contributed by atoms with Gasteiger partial charge in [0.1, 0.15) is 0 Å². The SMILES string of the molecule is CCCCCCCCCCCCCCCCCCN(CC)Cc1ccc(-c2cc(-c3ccccn3)nc(-c3ccccn3)c2)cc1. The first-order valence-electron chi connectivity index (χ1n) is 18.4. The first kappa shape index (κ1) is 35.5. The lowest BCUT2D eigenvalue weighted by Gasteiger charge is -2.20. The average Bonchev–Trinajstić information content (AvgIpc) is 3.11. The topological polar surface area (TPSA) is 41.9 Å². The minimum atomic E-state index is 0.860. The summed E-state index contributed by atoms with van der Waals surface area (Å²) in [6, 6.07) is 25.2. The van der Waals surface area contributed by atoms with Crippen LogP contribution < -0.4 is 0 Å². The summed E-state index contributed by atoms with van der Waals surface area (Å²) < 4.78 is 0. The lowest BCUT2D eigenvalue weighted by atomic mass is 10.0. The van der Waals surface area contributed by atoms with Crippen molar-refractivity contribution in [2.75, 3.05) is 13.1 Å². The van der Waals surface area contributed by atoms with Crippen LogP contribution in [0.3, 0.4) is 0 Å². The molecule has 0 saturated heterocycles. The van der Waals surface area contributed by atoms with E-state index in [9.17, 15) is 0 Å². The third-order valence-electron chi connectivity index (χ3n) is 9.15. The third-order valence-corrected chi connectivity index (χ3v) is 9.15. The molecule has 3 aromatic heterocycles. The predicted molar refractivity (Wildman–Crippen MR) is 197 cm³/mol. The zero-order valence-electron chi connectivity index (χ0n) is 28.8. The van der Waals surface area contributed by atoms with E-state index in [-0.39, 0.29) is 0 Å². The second kappa shape index (κ2) is 21.4. The largest absolute Gasteiger partial charge is 0.299 e. The molecule has 0 spiro atoms. The van der Waals surface area contributed by atoms with Gasteiger partial charge >= 0.3 is 0 Å². The van der Waals surface area contributed by atoms with E-state index in [0.717, 1.165) is 41.4 Å². The lowest BCUT2D eigenvalue weighted by molar-refractivity contribution is 0.272. The monoisotopic (exact) mass is 618 g/mol. The van der Waals surface area contributed by atoms with Gasteiger partial charge in [-0.3, -0.25) is 14.9 Å². The Kier molecular flexibility index (Phi) is 16.5. The number of pyridine rings is 3. The molecule has 246 valence electrons. The van der Waals surface area contributed by atoms with Crippen molar-refractivity contribution in [2.24, 2.45) is 0 Å². The Morgan fingerprint density at radius 1 is 0.478 bits per heavy atom. The second-order valence-corrected chi connectivity index (χ2v) is 12.9. The molecule has 4 heteroatoms. The maximum atomic E-state index is 4.92. The minimum absolute atomic E-state index is 0.860. The number of rotatable bonds is 23. The summed E-state index contributed by atoms with van der Waals surface area (Å²) in [5.74, 6) is 0. The number of benzene rings is 1. The predicted octanol–water partition coefficient (Wildman–Crippen LogP) is 12.0. The van der Waals surface area contributed by atoms with Crippen LogP contribution in [0.15, 0.2) is 85.2 Å². The summed E-state index contributed by atoms with van der Waals surface area (Å²) in [5.41, 5.74) is 7.13. The minimum Gasteiger partial charge on any atom is -0.299 e. The molecule has 0 aliphatic heterocycles. The van der Waals surface area contributed by atoms with Gasteiger partial charge in [0.05, 0.1) is 22.8 Å². The Morgan fingerprint density at radius 2 is 0.957 bits per heavy atom. The summed E-state index contributed by atoms with van der Waals surface area (Å²) in [6.07, 6.45) is 26.3. The third kappa shape index (κ3) is 12.8. The molecule has 0 radical (unpaired) electrons. The molecule has 4 rings (SSSR count). The van der Waals surface area contributed by atoms with E-state index in [1.54, 1.807) is 0 Å².